The zero-order chi connectivity index (χ0) is 12.8. The van der Waals surface area contributed by atoms with Gasteiger partial charge >= 0.3 is 0 Å². The highest BCUT2D eigenvalue weighted by atomic mass is 14.9. The molecule has 2 rings (SSSR count). The molecule has 1 N–H and O–H groups in total. The average molecular weight is 245 g/mol. The highest BCUT2D eigenvalue weighted by Gasteiger charge is 2.20. The van der Waals surface area contributed by atoms with Crippen LogP contribution >= 0.6 is 0 Å². The molecule has 1 heteroatoms. The maximum atomic E-state index is 3.71. The topological polar surface area (TPSA) is 12.0 Å². The van der Waals surface area contributed by atoms with Gasteiger partial charge in [0.1, 0.15) is 0 Å². The zero-order valence-corrected chi connectivity index (χ0v) is 11.9. The Morgan fingerprint density at radius 1 is 1.11 bits per heavy atom. The molecule has 18 heavy (non-hydrogen) atoms. The predicted molar refractivity (Wildman–Crippen MR) is 80.1 cm³/mol. The van der Waals surface area contributed by atoms with E-state index in [-0.39, 0.29) is 0 Å². The first-order chi connectivity index (χ1) is 8.79. The first-order valence-corrected chi connectivity index (χ1v) is 7.65. The van der Waals surface area contributed by atoms with Gasteiger partial charge in [0.15, 0.2) is 0 Å². The molecule has 0 aliphatic heterocycles. The summed E-state index contributed by atoms with van der Waals surface area (Å²) in [6, 6.07) is 9.76. The molecular weight excluding hydrogens is 218 g/mol. The fourth-order valence-electron chi connectivity index (χ4n) is 2.89. The van der Waals surface area contributed by atoms with E-state index in [1.54, 1.807) is 0 Å². The molecule has 2 atom stereocenters. The van der Waals surface area contributed by atoms with Crippen LogP contribution in [-0.4, -0.2) is 6.04 Å². The molecule has 0 spiro atoms. The van der Waals surface area contributed by atoms with Crippen LogP contribution in [0.25, 0.3) is 0 Å². The van der Waals surface area contributed by atoms with Gasteiger partial charge in [-0.15, -0.1) is 0 Å². The van der Waals surface area contributed by atoms with E-state index < -0.39 is 0 Å². The Hall–Kier alpha value is -0.980. The summed E-state index contributed by atoms with van der Waals surface area (Å²) in [7, 11) is 0. The Kier molecular flexibility index (Phi) is 5.10. The normalized spacial score (nSPS) is 23.9. The standard InChI is InChI=1S/C17H27N/c1-3-4-8-15-10-12-16(13-11-15)18-17-9-6-5-7-14(17)2/h10-14,17-18H,3-9H2,1-2H3. The Morgan fingerprint density at radius 3 is 2.50 bits per heavy atom. The lowest BCUT2D eigenvalue weighted by molar-refractivity contribution is 0.349. The number of nitrogens with one attached hydrogen (secondary N) is 1. The molecule has 1 aromatic carbocycles. The van der Waals surface area contributed by atoms with Crippen LogP contribution < -0.4 is 5.32 Å². The Balaban J connectivity index is 1.89. The summed E-state index contributed by atoms with van der Waals surface area (Å²) >= 11 is 0. The van der Waals surface area contributed by atoms with Gasteiger partial charge in [0.05, 0.1) is 0 Å². The van der Waals surface area contributed by atoms with Crippen molar-refractivity contribution in [1.82, 2.24) is 0 Å². The summed E-state index contributed by atoms with van der Waals surface area (Å²) in [4.78, 5) is 0. The third kappa shape index (κ3) is 3.76. The van der Waals surface area contributed by atoms with E-state index in [0.717, 1.165) is 5.92 Å². The van der Waals surface area contributed by atoms with Crippen LogP contribution in [0.5, 0.6) is 0 Å². The number of hydrogen-bond acceptors (Lipinski definition) is 1. The largest absolute Gasteiger partial charge is 0.382 e. The van der Waals surface area contributed by atoms with Gasteiger partial charge in [-0.25, -0.2) is 0 Å². The van der Waals surface area contributed by atoms with Gasteiger partial charge in [-0.3, -0.25) is 0 Å². The second-order valence-corrected chi connectivity index (χ2v) is 5.81. The molecule has 1 saturated carbocycles. The third-order valence-corrected chi connectivity index (χ3v) is 4.24. The van der Waals surface area contributed by atoms with Gasteiger partial charge < -0.3 is 5.32 Å². The van der Waals surface area contributed by atoms with Crippen LogP contribution in [0.3, 0.4) is 0 Å². The molecule has 0 radical (unpaired) electrons. The van der Waals surface area contributed by atoms with Crippen LogP contribution in [0, 0.1) is 5.92 Å². The SMILES string of the molecule is CCCCc1ccc(NC2CCCCC2C)cc1. The second-order valence-electron chi connectivity index (χ2n) is 5.81. The van der Waals surface area contributed by atoms with Crippen molar-refractivity contribution in [3.63, 3.8) is 0 Å². The van der Waals surface area contributed by atoms with E-state index in [0.29, 0.717) is 6.04 Å². The Bertz CT molecular complexity index is 341. The molecular formula is C17H27N. The molecule has 1 fully saturated rings. The van der Waals surface area contributed by atoms with Crippen molar-refractivity contribution in [2.45, 2.75) is 64.8 Å². The van der Waals surface area contributed by atoms with Gasteiger partial charge in [-0.2, -0.15) is 0 Å². The predicted octanol–water partition coefficient (Wildman–Crippen LogP) is 5.02. The van der Waals surface area contributed by atoms with Gasteiger partial charge in [0.2, 0.25) is 0 Å². The van der Waals surface area contributed by atoms with Gasteiger partial charge in [-0.1, -0.05) is 45.2 Å². The van der Waals surface area contributed by atoms with E-state index >= 15 is 0 Å². The summed E-state index contributed by atoms with van der Waals surface area (Å²) in [5.74, 6) is 0.818. The number of rotatable bonds is 5. The lowest BCUT2D eigenvalue weighted by Crippen LogP contribution is -2.30. The third-order valence-electron chi connectivity index (χ3n) is 4.24. The monoisotopic (exact) mass is 245 g/mol. The van der Waals surface area contributed by atoms with Crippen molar-refractivity contribution in [1.29, 1.82) is 0 Å². The number of aryl methyl sites for hydroxylation is 1. The summed E-state index contributed by atoms with van der Waals surface area (Å²) in [6.45, 7) is 4.63. The van der Waals surface area contributed by atoms with Crippen LogP contribution in [0.1, 0.15) is 57.9 Å². The fraction of sp³-hybridized carbons (Fsp3) is 0.647. The summed E-state index contributed by atoms with van der Waals surface area (Å²) in [6.07, 6.45) is 9.31. The number of benzene rings is 1. The van der Waals surface area contributed by atoms with E-state index in [1.165, 1.54) is 56.2 Å². The van der Waals surface area contributed by atoms with Crippen molar-refractivity contribution in [3.8, 4) is 0 Å². The molecule has 0 bridgehead atoms. The molecule has 0 heterocycles. The highest BCUT2D eigenvalue weighted by molar-refractivity contribution is 5.45. The second kappa shape index (κ2) is 6.82. The number of hydrogen-bond donors (Lipinski definition) is 1. The quantitative estimate of drug-likeness (QED) is 0.768. The molecule has 0 amide bonds. The molecule has 1 aliphatic rings. The van der Waals surface area contributed by atoms with Crippen LogP contribution in [0.2, 0.25) is 0 Å². The minimum Gasteiger partial charge on any atom is -0.382 e. The molecule has 0 aromatic heterocycles. The van der Waals surface area contributed by atoms with Crippen molar-refractivity contribution < 1.29 is 0 Å². The van der Waals surface area contributed by atoms with Crippen LogP contribution in [0.4, 0.5) is 5.69 Å². The van der Waals surface area contributed by atoms with Crippen molar-refractivity contribution in [2.75, 3.05) is 5.32 Å². The molecule has 2 unspecified atom stereocenters. The maximum Gasteiger partial charge on any atom is 0.0342 e. The van der Waals surface area contributed by atoms with E-state index in [1.807, 2.05) is 0 Å². The van der Waals surface area contributed by atoms with Crippen molar-refractivity contribution in [3.05, 3.63) is 29.8 Å². The van der Waals surface area contributed by atoms with Crippen LogP contribution in [-0.2, 0) is 6.42 Å². The first kappa shape index (κ1) is 13.5. The van der Waals surface area contributed by atoms with Crippen molar-refractivity contribution in [2.24, 2.45) is 5.92 Å². The lowest BCUT2D eigenvalue weighted by atomic mass is 9.86. The minimum absolute atomic E-state index is 0.681. The highest BCUT2D eigenvalue weighted by Crippen LogP contribution is 2.26. The molecule has 1 aromatic rings. The first-order valence-electron chi connectivity index (χ1n) is 7.65. The Labute approximate surface area is 112 Å². The van der Waals surface area contributed by atoms with E-state index in [2.05, 4.69) is 43.4 Å². The summed E-state index contributed by atoms with van der Waals surface area (Å²) in [5.41, 5.74) is 2.77. The zero-order valence-electron chi connectivity index (χ0n) is 11.9. The van der Waals surface area contributed by atoms with Crippen LogP contribution in [0.15, 0.2) is 24.3 Å². The smallest absolute Gasteiger partial charge is 0.0342 e. The summed E-state index contributed by atoms with van der Waals surface area (Å²) in [5, 5.41) is 3.71. The molecule has 1 aliphatic carbocycles. The number of unbranched alkanes of at least 4 members (excludes halogenated alkanes) is 1. The van der Waals surface area contributed by atoms with Gasteiger partial charge in [0, 0.05) is 11.7 Å². The summed E-state index contributed by atoms with van der Waals surface area (Å²) < 4.78 is 0. The molecule has 0 saturated heterocycles. The van der Waals surface area contributed by atoms with E-state index in [9.17, 15) is 0 Å². The van der Waals surface area contributed by atoms with Gasteiger partial charge in [-0.05, 0) is 49.3 Å². The van der Waals surface area contributed by atoms with E-state index in [4.69, 9.17) is 0 Å². The molecule has 1 nitrogen and oxygen atoms in total. The van der Waals surface area contributed by atoms with Crippen molar-refractivity contribution >= 4 is 5.69 Å². The molecule has 100 valence electrons. The Morgan fingerprint density at radius 2 is 1.83 bits per heavy atom. The lowest BCUT2D eigenvalue weighted by Gasteiger charge is -2.30. The maximum absolute atomic E-state index is 3.71. The average Bonchev–Trinajstić information content (AvgIpc) is 2.41. The number of anilines is 1. The fourth-order valence-corrected chi connectivity index (χ4v) is 2.89. The van der Waals surface area contributed by atoms with Gasteiger partial charge in [0.25, 0.3) is 0 Å². The minimum atomic E-state index is 0.681.